The quantitative estimate of drug-likeness (QED) is 0.632. The van der Waals surface area contributed by atoms with Gasteiger partial charge in [0.05, 0.1) is 17.2 Å². The molecule has 1 saturated heterocycles. The van der Waals surface area contributed by atoms with E-state index in [4.69, 9.17) is 0 Å². The Kier molecular flexibility index (Phi) is 4.61. The number of fused-ring (bicyclic) bond motifs is 1. The number of piperidine rings is 1. The van der Waals surface area contributed by atoms with Crippen molar-refractivity contribution in [3.05, 3.63) is 33.9 Å². The lowest BCUT2D eigenvalue weighted by molar-refractivity contribution is -0.384. The average Bonchev–Trinajstić information content (AvgIpc) is 2.98. The van der Waals surface area contributed by atoms with Gasteiger partial charge in [-0.1, -0.05) is 19.4 Å². The number of nitrogens with zero attached hydrogens (tertiary/aromatic N) is 3. The molecular weight excluding hydrogens is 294 g/mol. The van der Waals surface area contributed by atoms with Gasteiger partial charge in [-0.2, -0.15) is 0 Å². The van der Waals surface area contributed by atoms with E-state index >= 15 is 0 Å². The van der Waals surface area contributed by atoms with E-state index in [2.05, 4.69) is 11.8 Å². The highest BCUT2D eigenvalue weighted by Gasteiger charge is 2.30. The predicted octanol–water partition coefficient (Wildman–Crippen LogP) is 2.75. The van der Waals surface area contributed by atoms with Gasteiger partial charge in [-0.25, -0.2) is 0 Å². The number of amides is 1. The number of carbonyl (C=O) groups excluding carboxylic acids is 1. The van der Waals surface area contributed by atoms with Crippen LogP contribution in [0.2, 0.25) is 0 Å². The van der Waals surface area contributed by atoms with Crippen LogP contribution in [0.5, 0.6) is 0 Å². The molecule has 2 aliphatic rings. The Hall–Kier alpha value is -1.95. The van der Waals surface area contributed by atoms with Crippen molar-refractivity contribution in [3.8, 4) is 0 Å². The van der Waals surface area contributed by atoms with Gasteiger partial charge in [0.1, 0.15) is 0 Å². The van der Waals surface area contributed by atoms with Gasteiger partial charge in [0.15, 0.2) is 0 Å². The van der Waals surface area contributed by atoms with Crippen LogP contribution >= 0.6 is 0 Å². The number of rotatable bonds is 4. The molecule has 1 unspecified atom stereocenters. The van der Waals surface area contributed by atoms with E-state index in [1.54, 1.807) is 11.0 Å². The summed E-state index contributed by atoms with van der Waals surface area (Å²) in [6.45, 7) is 4.18. The molecule has 6 nitrogen and oxygen atoms in total. The SMILES string of the molecule is CCC1CCCCN1CC(=O)N1CCc2ccc([N+](=O)[O-])cc21. The minimum Gasteiger partial charge on any atom is -0.310 e. The van der Waals surface area contributed by atoms with Crippen molar-refractivity contribution in [2.45, 2.75) is 45.1 Å². The van der Waals surface area contributed by atoms with Gasteiger partial charge in [0, 0.05) is 24.7 Å². The Balaban J connectivity index is 1.75. The van der Waals surface area contributed by atoms with E-state index in [1.165, 1.54) is 18.6 Å². The number of hydrogen-bond donors (Lipinski definition) is 0. The maximum atomic E-state index is 12.7. The normalized spacial score (nSPS) is 21.3. The smallest absolute Gasteiger partial charge is 0.271 e. The first-order chi connectivity index (χ1) is 11.1. The third kappa shape index (κ3) is 3.22. The van der Waals surface area contributed by atoms with Gasteiger partial charge in [0.25, 0.3) is 5.69 Å². The summed E-state index contributed by atoms with van der Waals surface area (Å²) in [6, 6.07) is 5.31. The number of hydrogen-bond acceptors (Lipinski definition) is 4. The number of benzene rings is 1. The predicted molar refractivity (Wildman–Crippen MR) is 88.7 cm³/mol. The van der Waals surface area contributed by atoms with Crippen LogP contribution in [0.25, 0.3) is 0 Å². The van der Waals surface area contributed by atoms with Gasteiger partial charge in [0.2, 0.25) is 5.91 Å². The highest BCUT2D eigenvalue weighted by Crippen LogP contribution is 2.32. The van der Waals surface area contributed by atoms with Crippen LogP contribution in [0.15, 0.2) is 18.2 Å². The molecule has 0 aliphatic carbocycles. The number of anilines is 1. The van der Waals surface area contributed by atoms with Gasteiger partial charge in [-0.15, -0.1) is 0 Å². The van der Waals surface area contributed by atoms with E-state index < -0.39 is 4.92 Å². The topological polar surface area (TPSA) is 66.7 Å². The van der Waals surface area contributed by atoms with Gasteiger partial charge in [-0.3, -0.25) is 19.8 Å². The van der Waals surface area contributed by atoms with Crippen LogP contribution in [0.3, 0.4) is 0 Å². The van der Waals surface area contributed by atoms with Crippen molar-refractivity contribution in [1.29, 1.82) is 0 Å². The van der Waals surface area contributed by atoms with E-state index in [9.17, 15) is 14.9 Å². The van der Waals surface area contributed by atoms with Crippen molar-refractivity contribution in [1.82, 2.24) is 4.90 Å². The molecule has 1 aromatic carbocycles. The first-order valence-electron chi connectivity index (χ1n) is 8.42. The second kappa shape index (κ2) is 6.66. The van der Waals surface area contributed by atoms with Gasteiger partial charge in [-0.05, 0) is 37.8 Å². The third-order valence-corrected chi connectivity index (χ3v) is 5.03. The van der Waals surface area contributed by atoms with Gasteiger partial charge >= 0.3 is 0 Å². The largest absolute Gasteiger partial charge is 0.310 e. The Morgan fingerprint density at radius 3 is 2.91 bits per heavy atom. The third-order valence-electron chi connectivity index (χ3n) is 5.03. The molecule has 23 heavy (non-hydrogen) atoms. The molecule has 1 fully saturated rings. The first kappa shape index (κ1) is 15.9. The molecule has 0 saturated carbocycles. The lowest BCUT2D eigenvalue weighted by Crippen LogP contribution is -2.46. The Morgan fingerprint density at radius 1 is 1.35 bits per heavy atom. The minimum atomic E-state index is -0.404. The van der Waals surface area contributed by atoms with Crippen molar-refractivity contribution in [3.63, 3.8) is 0 Å². The molecular formula is C17H23N3O3. The molecule has 2 heterocycles. The van der Waals surface area contributed by atoms with Crippen molar-refractivity contribution < 1.29 is 9.72 Å². The molecule has 2 aliphatic heterocycles. The molecule has 1 atom stereocenters. The summed E-state index contributed by atoms with van der Waals surface area (Å²) in [4.78, 5) is 27.3. The first-order valence-corrected chi connectivity index (χ1v) is 8.42. The van der Waals surface area contributed by atoms with Crippen molar-refractivity contribution in [2.75, 3.05) is 24.5 Å². The molecule has 124 valence electrons. The summed E-state index contributed by atoms with van der Waals surface area (Å²) < 4.78 is 0. The summed E-state index contributed by atoms with van der Waals surface area (Å²) in [5, 5.41) is 11.0. The molecule has 0 aromatic heterocycles. The molecule has 0 spiro atoms. The van der Waals surface area contributed by atoms with E-state index in [0.717, 1.165) is 37.8 Å². The number of carbonyl (C=O) groups is 1. The zero-order chi connectivity index (χ0) is 16.4. The number of non-ortho nitro benzene ring substituents is 1. The second-order valence-corrected chi connectivity index (χ2v) is 6.39. The van der Waals surface area contributed by atoms with Crippen LogP contribution in [-0.4, -0.2) is 41.4 Å². The summed E-state index contributed by atoms with van der Waals surface area (Å²) in [5.41, 5.74) is 1.79. The average molecular weight is 317 g/mol. The zero-order valence-corrected chi connectivity index (χ0v) is 13.5. The fraction of sp³-hybridized carbons (Fsp3) is 0.588. The highest BCUT2D eigenvalue weighted by atomic mass is 16.6. The summed E-state index contributed by atoms with van der Waals surface area (Å²) >= 11 is 0. The molecule has 3 rings (SSSR count). The number of nitro groups is 1. The fourth-order valence-electron chi connectivity index (χ4n) is 3.73. The molecule has 0 N–H and O–H groups in total. The monoisotopic (exact) mass is 317 g/mol. The van der Waals surface area contributed by atoms with Crippen LogP contribution in [0.4, 0.5) is 11.4 Å². The van der Waals surface area contributed by atoms with Gasteiger partial charge < -0.3 is 4.90 Å². The minimum absolute atomic E-state index is 0.0489. The van der Waals surface area contributed by atoms with E-state index in [-0.39, 0.29) is 11.6 Å². The van der Waals surface area contributed by atoms with Crippen LogP contribution in [0, 0.1) is 10.1 Å². The second-order valence-electron chi connectivity index (χ2n) is 6.39. The van der Waals surface area contributed by atoms with Crippen molar-refractivity contribution >= 4 is 17.3 Å². The summed E-state index contributed by atoms with van der Waals surface area (Å²) in [7, 11) is 0. The summed E-state index contributed by atoms with van der Waals surface area (Å²) in [6.07, 6.45) is 5.38. The number of likely N-dealkylation sites (tertiary alicyclic amines) is 1. The van der Waals surface area contributed by atoms with Crippen LogP contribution in [-0.2, 0) is 11.2 Å². The lowest BCUT2D eigenvalue weighted by atomic mass is 10.00. The van der Waals surface area contributed by atoms with Crippen LogP contribution < -0.4 is 4.90 Å². The zero-order valence-electron chi connectivity index (χ0n) is 13.5. The Bertz CT molecular complexity index is 617. The number of nitro benzene ring substituents is 1. The highest BCUT2D eigenvalue weighted by molar-refractivity contribution is 5.97. The lowest BCUT2D eigenvalue weighted by Gasteiger charge is -2.35. The van der Waals surface area contributed by atoms with Crippen molar-refractivity contribution in [2.24, 2.45) is 0 Å². The van der Waals surface area contributed by atoms with E-state index in [1.807, 2.05) is 0 Å². The summed E-state index contributed by atoms with van der Waals surface area (Å²) in [5.74, 6) is 0.0598. The molecule has 1 amide bonds. The molecule has 6 heteroatoms. The fourth-order valence-corrected chi connectivity index (χ4v) is 3.73. The Labute approximate surface area is 136 Å². The standard InChI is InChI=1S/C17H23N3O3/c1-2-14-5-3-4-9-18(14)12-17(21)19-10-8-13-6-7-15(20(22)23)11-16(13)19/h6-7,11,14H,2-5,8-10,12H2,1H3. The maximum Gasteiger partial charge on any atom is 0.271 e. The van der Waals surface area contributed by atoms with E-state index in [0.29, 0.717) is 24.8 Å². The van der Waals surface area contributed by atoms with Crippen LogP contribution in [0.1, 0.15) is 38.2 Å². The maximum absolute atomic E-state index is 12.7. The molecule has 1 aromatic rings. The Morgan fingerprint density at radius 2 is 2.17 bits per heavy atom. The molecule has 0 bridgehead atoms. The molecule has 0 radical (unpaired) electrons.